The van der Waals surface area contributed by atoms with Crippen LogP contribution in [0.1, 0.15) is 18.4 Å². The van der Waals surface area contributed by atoms with E-state index in [2.05, 4.69) is 0 Å². The van der Waals surface area contributed by atoms with Gasteiger partial charge in [0.1, 0.15) is 12.4 Å². The van der Waals surface area contributed by atoms with E-state index in [0.717, 1.165) is 16.2 Å². The average Bonchev–Trinajstić information content (AvgIpc) is 2.83. The van der Waals surface area contributed by atoms with E-state index in [-0.39, 0.29) is 18.4 Å². The van der Waals surface area contributed by atoms with Crippen molar-refractivity contribution in [3.63, 3.8) is 0 Å². The molecule has 0 radical (unpaired) electrons. The van der Waals surface area contributed by atoms with Crippen LogP contribution in [0.25, 0.3) is 0 Å². The summed E-state index contributed by atoms with van der Waals surface area (Å²) in [6.07, 6.45) is -0.555. The number of amides is 2. The molecule has 1 aromatic carbocycles. The molecule has 0 bridgehead atoms. The molecule has 1 saturated heterocycles. The molecule has 1 fully saturated rings. The van der Waals surface area contributed by atoms with Crippen molar-refractivity contribution in [3.8, 4) is 5.75 Å². The molecule has 0 saturated carbocycles. The van der Waals surface area contributed by atoms with Crippen LogP contribution < -0.4 is 4.74 Å². The quantitative estimate of drug-likeness (QED) is 0.819. The van der Waals surface area contributed by atoms with E-state index in [4.69, 9.17) is 9.47 Å². The van der Waals surface area contributed by atoms with Gasteiger partial charge in [-0.1, -0.05) is 12.1 Å². The topological polar surface area (TPSA) is 55.8 Å². The molecular formula is C13H15NO4. The highest BCUT2D eigenvalue weighted by atomic mass is 16.6. The molecule has 2 rings (SSSR count). The Morgan fingerprint density at radius 3 is 2.56 bits per heavy atom. The van der Waals surface area contributed by atoms with Crippen molar-refractivity contribution >= 4 is 12.0 Å². The van der Waals surface area contributed by atoms with Crippen LogP contribution in [-0.4, -0.2) is 37.2 Å². The van der Waals surface area contributed by atoms with Crippen molar-refractivity contribution in [2.75, 3.05) is 20.3 Å². The fraction of sp³-hybridized carbons (Fsp3) is 0.385. The summed E-state index contributed by atoms with van der Waals surface area (Å²) in [6, 6.07) is 7.23. The van der Waals surface area contributed by atoms with Gasteiger partial charge in [0.25, 0.3) is 0 Å². The van der Waals surface area contributed by atoms with Crippen molar-refractivity contribution < 1.29 is 19.1 Å². The maximum absolute atomic E-state index is 12.1. The van der Waals surface area contributed by atoms with E-state index < -0.39 is 6.09 Å². The summed E-state index contributed by atoms with van der Waals surface area (Å²) in [5.41, 5.74) is 0.848. The van der Waals surface area contributed by atoms with Crippen molar-refractivity contribution in [1.29, 1.82) is 0 Å². The van der Waals surface area contributed by atoms with Gasteiger partial charge < -0.3 is 9.47 Å². The second-order valence-electron chi connectivity index (χ2n) is 4.10. The summed E-state index contributed by atoms with van der Waals surface area (Å²) < 4.78 is 9.81. The second-order valence-corrected chi connectivity index (χ2v) is 4.10. The van der Waals surface area contributed by atoms with Gasteiger partial charge in [-0.2, -0.15) is 0 Å². The molecule has 5 heteroatoms. The van der Waals surface area contributed by atoms with Crippen LogP contribution >= 0.6 is 0 Å². The lowest BCUT2D eigenvalue weighted by Gasteiger charge is -2.17. The minimum atomic E-state index is -0.555. The number of benzene rings is 1. The Labute approximate surface area is 105 Å². The van der Waals surface area contributed by atoms with Gasteiger partial charge in [-0.3, -0.25) is 4.79 Å². The van der Waals surface area contributed by atoms with Crippen molar-refractivity contribution in [3.05, 3.63) is 29.8 Å². The van der Waals surface area contributed by atoms with Crippen LogP contribution in [0.2, 0.25) is 0 Å². The van der Waals surface area contributed by atoms with Crippen LogP contribution in [0.15, 0.2) is 24.3 Å². The van der Waals surface area contributed by atoms with Crippen LogP contribution in [0.4, 0.5) is 4.79 Å². The Bertz CT molecular complexity index is 455. The summed E-state index contributed by atoms with van der Waals surface area (Å²) in [4.78, 5) is 24.6. The van der Waals surface area contributed by atoms with Gasteiger partial charge in [-0.15, -0.1) is 0 Å². The van der Waals surface area contributed by atoms with Gasteiger partial charge in [0.15, 0.2) is 0 Å². The van der Waals surface area contributed by atoms with Crippen LogP contribution in [0.5, 0.6) is 5.75 Å². The Hall–Kier alpha value is -2.04. The molecule has 0 spiro atoms. The smallest absolute Gasteiger partial charge is 0.416 e. The Kier molecular flexibility index (Phi) is 3.50. The third-order valence-electron chi connectivity index (χ3n) is 3.01. The third kappa shape index (κ3) is 2.30. The molecule has 1 heterocycles. The fourth-order valence-corrected chi connectivity index (χ4v) is 1.86. The third-order valence-corrected chi connectivity index (χ3v) is 3.01. The Balaban J connectivity index is 2.12. The van der Waals surface area contributed by atoms with Crippen LogP contribution in [0.3, 0.4) is 0 Å². The molecule has 0 unspecified atom stereocenters. The number of rotatable bonds is 3. The van der Waals surface area contributed by atoms with Gasteiger partial charge >= 0.3 is 6.09 Å². The molecule has 96 valence electrons. The van der Waals surface area contributed by atoms with E-state index in [1.165, 1.54) is 0 Å². The normalized spacial score (nSPS) is 16.3. The molecule has 2 amide bonds. The number of hydrogen-bond acceptors (Lipinski definition) is 4. The van der Waals surface area contributed by atoms with Gasteiger partial charge in [-0.05, 0) is 24.6 Å². The lowest BCUT2D eigenvalue weighted by Crippen LogP contribution is -2.34. The first kappa shape index (κ1) is 12.4. The number of imide groups is 1. The summed E-state index contributed by atoms with van der Waals surface area (Å²) in [5.74, 6) is 0.128. The Morgan fingerprint density at radius 2 is 2.06 bits per heavy atom. The molecule has 0 aromatic heterocycles. The average molecular weight is 249 g/mol. The molecule has 0 aliphatic carbocycles. The minimum absolute atomic E-state index is 0.234. The number of methoxy groups -OCH3 is 1. The van der Waals surface area contributed by atoms with Gasteiger partial charge in [-0.25, -0.2) is 9.69 Å². The number of hydrogen-bond donors (Lipinski definition) is 0. The number of carbonyl (C=O) groups is 2. The predicted octanol–water partition coefficient (Wildman–Crippen LogP) is 1.78. The highest BCUT2D eigenvalue weighted by Crippen LogP contribution is 2.22. The summed E-state index contributed by atoms with van der Waals surface area (Å²) in [6.45, 7) is 2.38. The second kappa shape index (κ2) is 5.08. The summed E-state index contributed by atoms with van der Waals surface area (Å²) in [7, 11) is 1.59. The predicted molar refractivity (Wildman–Crippen MR) is 64.5 cm³/mol. The lowest BCUT2D eigenvalue weighted by molar-refractivity contribution is -0.128. The largest absolute Gasteiger partial charge is 0.497 e. The zero-order chi connectivity index (χ0) is 13.1. The maximum Gasteiger partial charge on any atom is 0.416 e. The van der Waals surface area contributed by atoms with E-state index >= 15 is 0 Å². The molecule has 1 atom stereocenters. The number of nitrogens with zero attached hydrogens (tertiary/aromatic N) is 1. The first-order valence-electron chi connectivity index (χ1n) is 5.75. The molecule has 5 nitrogen and oxygen atoms in total. The SMILES string of the molecule is COc1ccc([C@@H](C)C(=O)N2CCOC2=O)cc1. The van der Waals surface area contributed by atoms with Gasteiger partial charge in [0.2, 0.25) is 5.91 Å². The monoisotopic (exact) mass is 249 g/mol. The van der Waals surface area contributed by atoms with Crippen molar-refractivity contribution in [1.82, 2.24) is 4.90 Å². The molecule has 1 aliphatic heterocycles. The van der Waals surface area contributed by atoms with Crippen LogP contribution in [-0.2, 0) is 9.53 Å². The molecule has 0 N–H and O–H groups in total. The first-order valence-corrected chi connectivity index (χ1v) is 5.75. The van der Waals surface area contributed by atoms with Crippen LogP contribution in [0, 0.1) is 0 Å². The van der Waals surface area contributed by atoms with E-state index in [0.29, 0.717) is 6.54 Å². The van der Waals surface area contributed by atoms with E-state index in [1.807, 2.05) is 12.1 Å². The first-order chi connectivity index (χ1) is 8.63. The Morgan fingerprint density at radius 1 is 1.39 bits per heavy atom. The number of carbonyl (C=O) groups excluding carboxylic acids is 2. The summed E-state index contributed by atoms with van der Waals surface area (Å²) >= 11 is 0. The van der Waals surface area contributed by atoms with Gasteiger partial charge in [0, 0.05) is 0 Å². The molecule has 1 aromatic rings. The lowest BCUT2D eigenvalue weighted by atomic mass is 10.00. The minimum Gasteiger partial charge on any atom is -0.497 e. The van der Waals surface area contributed by atoms with Gasteiger partial charge in [0.05, 0.1) is 19.6 Å². The molecular weight excluding hydrogens is 234 g/mol. The van der Waals surface area contributed by atoms with E-state index in [1.54, 1.807) is 26.2 Å². The maximum atomic E-state index is 12.1. The van der Waals surface area contributed by atoms with Crippen molar-refractivity contribution in [2.45, 2.75) is 12.8 Å². The zero-order valence-corrected chi connectivity index (χ0v) is 10.4. The van der Waals surface area contributed by atoms with Crippen molar-refractivity contribution in [2.24, 2.45) is 0 Å². The number of ether oxygens (including phenoxy) is 2. The fourth-order valence-electron chi connectivity index (χ4n) is 1.86. The van der Waals surface area contributed by atoms with E-state index in [9.17, 15) is 9.59 Å². The summed E-state index contributed by atoms with van der Waals surface area (Å²) in [5, 5.41) is 0. The highest BCUT2D eigenvalue weighted by molar-refractivity contribution is 5.96. The highest BCUT2D eigenvalue weighted by Gasteiger charge is 2.31. The molecule has 1 aliphatic rings. The number of cyclic esters (lactones) is 1. The standard InChI is InChI=1S/C13H15NO4/c1-9(10-3-5-11(17-2)6-4-10)12(15)14-7-8-18-13(14)16/h3-6,9H,7-8H2,1-2H3/t9-/m1/s1. The molecule has 18 heavy (non-hydrogen) atoms. The zero-order valence-electron chi connectivity index (χ0n) is 10.4.